The number of rotatable bonds is 6. The van der Waals surface area contributed by atoms with Crippen molar-refractivity contribution in [2.24, 2.45) is 4.99 Å². The van der Waals surface area contributed by atoms with E-state index in [9.17, 15) is 4.79 Å². The smallest absolute Gasteiger partial charge is 0.222 e. The zero-order chi connectivity index (χ0) is 16.2. The minimum Gasteiger partial charge on any atom is -0.373 e. The van der Waals surface area contributed by atoms with Crippen LogP contribution in [-0.4, -0.2) is 61.2 Å². The van der Waals surface area contributed by atoms with Crippen LogP contribution in [0.25, 0.3) is 0 Å². The minimum atomic E-state index is 0.318. The molecule has 6 nitrogen and oxygen atoms in total. The second-order valence-corrected chi connectivity index (χ2v) is 6.90. The number of nitrogens with zero attached hydrogens (tertiary/aromatic N) is 2. The zero-order valence-corrected chi connectivity index (χ0v) is 14.4. The molecular formula is C17H30N4O2. The van der Waals surface area contributed by atoms with Crippen LogP contribution in [-0.2, 0) is 9.53 Å². The SMILES string of the molecule is CCC(CCNC(=NC)NC1CC2CCC1O2)N1CCCC1=O. The molecule has 4 atom stereocenters. The van der Waals surface area contributed by atoms with Crippen LogP contribution in [0.15, 0.2) is 4.99 Å². The van der Waals surface area contributed by atoms with Crippen LogP contribution in [0.1, 0.15) is 51.9 Å². The largest absolute Gasteiger partial charge is 0.373 e. The van der Waals surface area contributed by atoms with E-state index in [1.807, 2.05) is 7.05 Å². The molecule has 130 valence electrons. The Bertz CT molecular complexity index is 454. The quantitative estimate of drug-likeness (QED) is 0.571. The van der Waals surface area contributed by atoms with E-state index in [0.29, 0.717) is 30.2 Å². The number of fused-ring (bicyclic) bond motifs is 2. The zero-order valence-electron chi connectivity index (χ0n) is 14.4. The molecule has 0 saturated carbocycles. The maximum Gasteiger partial charge on any atom is 0.222 e. The third-order valence-corrected chi connectivity index (χ3v) is 5.44. The highest BCUT2D eigenvalue weighted by Crippen LogP contribution is 2.34. The lowest BCUT2D eigenvalue weighted by atomic mass is 9.96. The van der Waals surface area contributed by atoms with Crippen molar-refractivity contribution in [3.63, 3.8) is 0 Å². The number of carbonyl (C=O) groups excluding carboxylic acids is 1. The van der Waals surface area contributed by atoms with Crippen molar-refractivity contribution >= 4 is 11.9 Å². The van der Waals surface area contributed by atoms with Crippen LogP contribution in [0.3, 0.4) is 0 Å². The molecule has 3 fully saturated rings. The second kappa shape index (κ2) is 7.51. The van der Waals surface area contributed by atoms with E-state index in [4.69, 9.17) is 4.74 Å². The number of nitrogens with one attached hydrogen (secondary N) is 2. The summed E-state index contributed by atoms with van der Waals surface area (Å²) in [5.74, 6) is 1.17. The molecule has 3 aliphatic rings. The normalized spacial score (nSPS) is 31.7. The summed E-state index contributed by atoms with van der Waals surface area (Å²) in [6.45, 7) is 3.92. The third-order valence-electron chi connectivity index (χ3n) is 5.44. The molecule has 23 heavy (non-hydrogen) atoms. The predicted octanol–water partition coefficient (Wildman–Crippen LogP) is 1.26. The Balaban J connectivity index is 1.42. The van der Waals surface area contributed by atoms with E-state index < -0.39 is 0 Å². The molecular weight excluding hydrogens is 292 g/mol. The van der Waals surface area contributed by atoms with Crippen molar-refractivity contribution in [1.29, 1.82) is 0 Å². The van der Waals surface area contributed by atoms with Crippen molar-refractivity contribution in [2.45, 2.75) is 76.2 Å². The van der Waals surface area contributed by atoms with Crippen molar-refractivity contribution in [3.8, 4) is 0 Å². The summed E-state index contributed by atoms with van der Waals surface area (Å²) >= 11 is 0. The van der Waals surface area contributed by atoms with Gasteiger partial charge in [0.15, 0.2) is 5.96 Å². The van der Waals surface area contributed by atoms with E-state index in [0.717, 1.165) is 57.6 Å². The van der Waals surface area contributed by atoms with Gasteiger partial charge in [0.05, 0.1) is 18.2 Å². The van der Waals surface area contributed by atoms with E-state index in [-0.39, 0.29) is 0 Å². The highest BCUT2D eigenvalue weighted by Gasteiger charge is 2.41. The molecule has 6 heteroatoms. The molecule has 3 saturated heterocycles. The number of amides is 1. The number of hydrogen-bond acceptors (Lipinski definition) is 3. The molecule has 0 aliphatic carbocycles. The number of carbonyl (C=O) groups is 1. The van der Waals surface area contributed by atoms with Gasteiger partial charge in [-0.15, -0.1) is 0 Å². The molecule has 3 rings (SSSR count). The fraction of sp³-hybridized carbons (Fsp3) is 0.882. The summed E-state index contributed by atoms with van der Waals surface area (Å²) in [6, 6.07) is 0.739. The van der Waals surface area contributed by atoms with Gasteiger partial charge in [0.2, 0.25) is 5.91 Å². The second-order valence-electron chi connectivity index (χ2n) is 6.90. The summed E-state index contributed by atoms with van der Waals surface area (Å²) in [4.78, 5) is 18.3. The van der Waals surface area contributed by atoms with Crippen molar-refractivity contribution < 1.29 is 9.53 Å². The van der Waals surface area contributed by atoms with Gasteiger partial charge in [-0.3, -0.25) is 9.79 Å². The Morgan fingerprint density at radius 2 is 2.35 bits per heavy atom. The van der Waals surface area contributed by atoms with Crippen LogP contribution >= 0.6 is 0 Å². The number of aliphatic imine (C=N–C) groups is 1. The fourth-order valence-electron chi connectivity index (χ4n) is 4.15. The molecule has 0 aromatic rings. The lowest BCUT2D eigenvalue weighted by molar-refractivity contribution is -0.129. The van der Waals surface area contributed by atoms with Crippen LogP contribution in [0.2, 0.25) is 0 Å². The molecule has 0 radical (unpaired) electrons. The van der Waals surface area contributed by atoms with Crippen LogP contribution in [0, 0.1) is 0 Å². The standard InChI is InChI=1S/C17H30N4O2/c1-3-12(21-10-4-5-16(21)22)8-9-19-17(18-2)20-14-11-13-6-7-15(14)23-13/h12-15H,3-11H2,1-2H3,(H2,18,19,20). The van der Waals surface area contributed by atoms with Crippen LogP contribution in [0.5, 0.6) is 0 Å². The number of ether oxygens (including phenoxy) is 1. The van der Waals surface area contributed by atoms with Gasteiger partial charge in [0.25, 0.3) is 0 Å². The molecule has 2 bridgehead atoms. The first-order valence-electron chi connectivity index (χ1n) is 9.13. The molecule has 3 aliphatic heterocycles. The van der Waals surface area contributed by atoms with E-state index in [1.165, 1.54) is 6.42 Å². The molecule has 2 N–H and O–H groups in total. The molecule has 0 aromatic carbocycles. The summed E-state index contributed by atoms with van der Waals surface area (Å²) in [7, 11) is 1.81. The Labute approximate surface area is 139 Å². The van der Waals surface area contributed by atoms with Crippen molar-refractivity contribution in [1.82, 2.24) is 15.5 Å². The fourth-order valence-corrected chi connectivity index (χ4v) is 4.15. The number of guanidine groups is 1. The summed E-state index contributed by atoms with van der Waals surface area (Å²) in [5, 5.41) is 6.90. The molecule has 3 heterocycles. The minimum absolute atomic E-state index is 0.318. The average molecular weight is 322 g/mol. The molecule has 4 unspecified atom stereocenters. The maximum atomic E-state index is 11.9. The van der Waals surface area contributed by atoms with Crippen molar-refractivity contribution in [3.05, 3.63) is 0 Å². The van der Waals surface area contributed by atoms with Gasteiger partial charge in [-0.05, 0) is 38.5 Å². The van der Waals surface area contributed by atoms with Gasteiger partial charge in [0.1, 0.15) is 0 Å². The Kier molecular flexibility index (Phi) is 5.41. The number of likely N-dealkylation sites (tertiary alicyclic amines) is 1. The highest BCUT2D eigenvalue weighted by atomic mass is 16.5. The van der Waals surface area contributed by atoms with Gasteiger partial charge < -0.3 is 20.3 Å². The highest BCUT2D eigenvalue weighted by molar-refractivity contribution is 5.80. The molecule has 1 amide bonds. The first-order valence-corrected chi connectivity index (χ1v) is 9.13. The van der Waals surface area contributed by atoms with Gasteiger partial charge in [-0.2, -0.15) is 0 Å². The third kappa shape index (κ3) is 3.79. The van der Waals surface area contributed by atoms with E-state index >= 15 is 0 Å². The Hall–Kier alpha value is -1.30. The Morgan fingerprint density at radius 1 is 1.48 bits per heavy atom. The topological polar surface area (TPSA) is 66.0 Å². The van der Waals surface area contributed by atoms with Gasteiger partial charge >= 0.3 is 0 Å². The lowest BCUT2D eigenvalue weighted by Gasteiger charge is -2.28. The predicted molar refractivity (Wildman–Crippen MR) is 90.4 cm³/mol. The van der Waals surface area contributed by atoms with Crippen LogP contribution in [0.4, 0.5) is 0 Å². The van der Waals surface area contributed by atoms with Gasteiger partial charge in [-0.1, -0.05) is 6.92 Å². The summed E-state index contributed by atoms with van der Waals surface area (Å²) in [5.41, 5.74) is 0. The van der Waals surface area contributed by atoms with Gasteiger partial charge in [-0.25, -0.2) is 0 Å². The van der Waals surface area contributed by atoms with E-state index in [1.54, 1.807) is 0 Å². The molecule has 0 aromatic heterocycles. The maximum absolute atomic E-state index is 11.9. The van der Waals surface area contributed by atoms with Crippen molar-refractivity contribution in [2.75, 3.05) is 20.1 Å². The summed E-state index contributed by atoms with van der Waals surface area (Å²) < 4.78 is 5.88. The van der Waals surface area contributed by atoms with E-state index in [2.05, 4.69) is 27.4 Å². The first kappa shape index (κ1) is 16.6. The lowest BCUT2D eigenvalue weighted by Crippen LogP contribution is -2.48. The van der Waals surface area contributed by atoms with Gasteiger partial charge in [0, 0.05) is 32.6 Å². The Morgan fingerprint density at radius 3 is 2.91 bits per heavy atom. The summed E-state index contributed by atoms with van der Waals surface area (Å²) in [6.07, 6.45) is 7.96. The molecule has 0 spiro atoms. The number of hydrogen-bond donors (Lipinski definition) is 2. The average Bonchev–Trinajstić information content (AvgIpc) is 3.27. The monoisotopic (exact) mass is 322 g/mol. The van der Waals surface area contributed by atoms with Crippen LogP contribution < -0.4 is 10.6 Å². The first-order chi connectivity index (χ1) is 11.2.